The average Bonchev–Trinajstić information content (AvgIpc) is 3.06. The van der Waals surface area contributed by atoms with Crippen molar-refractivity contribution in [3.63, 3.8) is 0 Å². The van der Waals surface area contributed by atoms with Crippen LogP contribution in [-0.4, -0.2) is 33.8 Å². The molecule has 0 aliphatic carbocycles. The summed E-state index contributed by atoms with van der Waals surface area (Å²) in [5.41, 5.74) is 2.10. The highest BCUT2D eigenvalue weighted by Crippen LogP contribution is 2.25. The van der Waals surface area contributed by atoms with Crippen molar-refractivity contribution >= 4 is 11.3 Å². The lowest BCUT2D eigenvalue weighted by atomic mass is 10.1. The van der Waals surface area contributed by atoms with Gasteiger partial charge in [0.15, 0.2) is 0 Å². The highest BCUT2D eigenvalue weighted by molar-refractivity contribution is 7.09. The molecule has 0 saturated carbocycles. The van der Waals surface area contributed by atoms with Crippen molar-refractivity contribution in [2.45, 2.75) is 45.6 Å². The Labute approximate surface area is 133 Å². The van der Waals surface area contributed by atoms with Gasteiger partial charge >= 0.3 is 0 Å². The van der Waals surface area contributed by atoms with Crippen LogP contribution in [0.5, 0.6) is 0 Å². The van der Waals surface area contributed by atoms with Gasteiger partial charge in [0.1, 0.15) is 22.1 Å². The van der Waals surface area contributed by atoms with Crippen molar-refractivity contribution in [1.29, 1.82) is 0 Å². The Morgan fingerprint density at radius 1 is 1.41 bits per heavy atom. The molecule has 0 bridgehead atoms. The molecule has 3 rings (SSSR count). The number of aromatic nitrogens is 2. The summed E-state index contributed by atoms with van der Waals surface area (Å²) in [6.07, 6.45) is 0.799. The quantitative estimate of drug-likeness (QED) is 0.908. The normalized spacial score (nSPS) is 15.3. The van der Waals surface area contributed by atoms with E-state index >= 15 is 0 Å². The average molecular weight is 323 g/mol. The van der Waals surface area contributed by atoms with Crippen molar-refractivity contribution in [3.8, 4) is 0 Å². The van der Waals surface area contributed by atoms with E-state index < -0.39 is 5.60 Å². The molecule has 1 N–H and O–H groups in total. The Morgan fingerprint density at radius 3 is 2.95 bits per heavy atom. The van der Waals surface area contributed by atoms with Gasteiger partial charge < -0.3 is 14.4 Å². The number of hydrogen-bond acceptors (Lipinski definition) is 7. The summed E-state index contributed by atoms with van der Waals surface area (Å²) in [5, 5.41) is 16.9. The molecule has 0 aromatic carbocycles. The first-order valence-electron chi connectivity index (χ1n) is 7.33. The topological polar surface area (TPSA) is 71.6 Å². The molecule has 0 saturated heterocycles. The predicted molar refractivity (Wildman–Crippen MR) is 82.4 cm³/mol. The molecule has 0 amide bonds. The summed E-state index contributed by atoms with van der Waals surface area (Å²) >= 11 is 1.49. The molecule has 22 heavy (non-hydrogen) atoms. The smallest absolute Gasteiger partial charge is 0.144 e. The van der Waals surface area contributed by atoms with Crippen LogP contribution < -0.4 is 0 Å². The second-order valence-corrected chi connectivity index (χ2v) is 7.07. The monoisotopic (exact) mass is 323 g/mol. The minimum atomic E-state index is -0.885. The summed E-state index contributed by atoms with van der Waals surface area (Å²) in [6.45, 7) is 6.19. The molecule has 0 fully saturated rings. The van der Waals surface area contributed by atoms with Crippen LogP contribution in [-0.2, 0) is 36.5 Å². The number of hydrogen-bond donors (Lipinski definition) is 1. The van der Waals surface area contributed by atoms with E-state index in [-0.39, 0.29) is 0 Å². The van der Waals surface area contributed by atoms with Gasteiger partial charge in [-0.25, -0.2) is 4.98 Å². The number of ether oxygens (including phenoxy) is 1. The Bertz CT molecular complexity index is 645. The third-order valence-corrected chi connectivity index (χ3v) is 4.80. The Kier molecular flexibility index (Phi) is 4.31. The predicted octanol–water partition coefficient (Wildman–Crippen LogP) is 2.06. The molecule has 0 atom stereocenters. The van der Waals surface area contributed by atoms with Crippen LogP contribution in [0, 0.1) is 0 Å². The van der Waals surface area contributed by atoms with Crippen LogP contribution in [0.15, 0.2) is 9.90 Å². The Hall–Kier alpha value is -1.28. The number of nitrogens with zero attached hydrogens (tertiary/aromatic N) is 3. The second kappa shape index (κ2) is 6.08. The van der Waals surface area contributed by atoms with Gasteiger partial charge in [-0.1, -0.05) is 5.16 Å². The van der Waals surface area contributed by atoms with Gasteiger partial charge in [0.05, 0.1) is 18.9 Å². The third kappa shape index (κ3) is 3.38. The van der Waals surface area contributed by atoms with Crippen LogP contribution in [0.3, 0.4) is 0 Å². The first-order chi connectivity index (χ1) is 10.4. The van der Waals surface area contributed by atoms with E-state index in [0.29, 0.717) is 26.3 Å². The van der Waals surface area contributed by atoms with Crippen LogP contribution in [0.4, 0.5) is 0 Å². The molecule has 6 nitrogen and oxygen atoms in total. The van der Waals surface area contributed by atoms with E-state index in [0.717, 1.165) is 34.1 Å². The van der Waals surface area contributed by atoms with E-state index in [1.54, 1.807) is 13.8 Å². The molecule has 1 aliphatic heterocycles. The van der Waals surface area contributed by atoms with Crippen LogP contribution in [0.1, 0.15) is 41.6 Å². The first kappa shape index (κ1) is 15.6. The summed E-state index contributed by atoms with van der Waals surface area (Å²) in [4.78, 5) is 6.63. The Balaban J connectivity index is 1.64. The second-order valence-electron chi connectivity index (χ2n) is 6.21. The molecule has 3 heterocycles. The zero-order valence-corrected chi connectivity index (χ0v) is 13.9. The number of fused-ring (bicyclic) bond motifs is 1. The summed E-state index contributed by atoms with van der Waals surface area (Å²) in [5.74, 6) is 0.952. The van der Waals surface area contributed by atoms with E-state index in [2.05, 4.69) is 15.0 Å². The summed E-state index contributed by atoms with van der Waals surface area (Å²) in [6, 6.07) is 0. The number of thiazole rings is 1. The van der Waals surface area contributed by atoms with Gasteiger partial charge in [0.25, 0.3) is 0 Å². The van der Waals surface area contributed by atoms with Gasteiger partial charge in [0, 0.05) is 30.5 Å². The lowest BCUT2D eigenvalue weighted by Crippen LogP contribution is -2.20. The lowest BCUT2D eigenvalue weighted by molar-refractivity contribution is 0.0779. The third-order valence-electron chi connectivity index (χ3n) is 3.60. The van der Waals surface area contributed by atoms with Crippen molar-refractivity contribution < 1.29 is 14.4 Å². The molecule has 120 valence electrons. The minimum absolute atomic E-state index is 0.585. The van der Waals surface area contributed by atoms with Crippen LogP contribution >= 0.6 is 11.3 Å². The Morgan fingerprint density at radius 2 is 2.23 bits per heavy atom. The zero-order chi connectivity index (χ0) is 15.7. The molecule has 2 aromatic heterocycles. The van der Waals surface area contributed by atoms with Gasteiger partial charge in [-0.2, -0.15) is 0 Å². The van der Waals surface area contributed by atoms with E-state index in [9.17, 15) is 5.11 Å². The zero-order valence-electron chi connectivity index (χ0n) is 13.1. The maximum atomic E-state index is 9.97. The number of aliphatic hydroxyl groups is 1. The fourth-order valence-corrected chi connectivity index (χ4v) is 3.29. The maximum Gasteiger partial charge on any atom is 0.144 e. The number of rotatable bonds is 5. The molecule has 2 aromatic rings. The van der Waals surface area contributed by atoms with Gasteiger partial charge in [-0.05, 0) is 20.9 Å². The molecule has 0 radical (unpaired) electrons. The van der Waals surface area contributed by atoms with Crippen molar-refractivity contribution in [2.75, 3.05) is 13.7 Å². The molecule has 1 aliphatic rings. The summed E-state index contributed by atoms with van der Waals surface area (Å²) < 4.78 is 10.9. The van der Waals surface area contributed by atoms with E-state index in [4.69, 9.17) is 9.26 Å². The van der Waals surface area contributed by atoms with Crippen LogP contribution in [0.2, 0.25) is 0 Å². The highest BCUT2D eigenvalue weighted by Gasteiger charge is 2.22. The lowest BCUT2D eigenvalue weighted by Gasteiger charge is -2.16. The maximum absolute atomic E-state index is 9.97. The van der Waals surface area contributed by atoms with Gasteiger partial charge in [0.2, 0.25) is 0 Å². The highest BCUT2D eigenvalue weighted by atomic mass is 32.1. The molecular weight excluding hydrogens is 302 g/mol. The van der Waals surface area contributed by atoms with E-state index in [1.165, 1.54) is 11.3 Å². The van der Waals surface area contributed by atoms with Gasteiger partial charge in [-0.3, -0.25) is 4.90 Å². The van der Waals surface area contributed by atoms with Crippen molar-refractivity contribution in [2.24, 2.45) is 0 Å². The molecule has 7 heteroatoms. The first-order valence-corrected chi connectivity index (χ1v) is 8.21. The molecular formula is C15H21N3O3S. The standard InChI is InChI=1S/C15H21N3O3S/c1-15(2,19)14-16-10(9-22-14)6-18(3)7-12-11-8-20-5-4-13(11)21-17-12/h9,19H,4-8H2,1-3H3. The fourth-order valence-electron chi connectivity index (χ4n) is 2.45. The largest absolute Gasteiger partial charge is 0.383 e. The molecule has 0 unspecified atom stereocenters. The minimum Gasteiger partial charge on any atom is -0.383 e. The van der Waals surface area contributed by atoms with Crippen molar-refractivity contribution in [1.82, 2.24) is 15.0 Å². The fraction of sp³-hybridized carbons (Fsp3) is 0.600. The molecule has 0 spiro atoms. The van der Waals surface area contributed by atoms with E-state index in [1.807, 2.05) is 12.4 Å². The van der Waals surface area contributed by atoms with Gasteiger partial charge in [-0.15, -0.1) is 11.3 Å². The van der Waals surface area contributed by atoms with Crippen molar-refractivity contribution in [3.05, 3.63) is 33.1 Å². The SMILES string of the molecule is CN(Cc1csc(C(C)(C)O)n1)Cc1noc2c1COCC2. The van der Waals surface area contributed by atoms with Crippen LogP contribution in [0.25, 0.3) is 0 Å². The summed E-state index contributed by atoms with van der Waals surface area (Å²) in [7, 11) is 2.02.